The third-order valence-corrected chi connectivity index (χ3v) is 5.53. The van der Waals surface area contributed by atoms with E-state index >= 15 is 0 Å². The molecular weight excluding hydrogens is 326 g/mol. The number of fused-ring (bicyclic) bond motifs is 1. The van der Waals surface area contributed by atoms with Crippen LogP contribution < -0.4 is 5.32 Å². The number of aliphatic carboxylic acids is 1. The number of ether oxygens (including phenoxy) is 2. The smallest absolute Gasteiger partial charge is 0.410 e. The van der Waals surface area contributed by atoms with Crippen molar-refractivity contribution in [1.29, 1.82) is 0 Å². The second-order valence-electron chi connectivity index (χ2n) is 7.11. The van der Waals surface area contributed by atoms with Crippen LogP contribution in [0.5, 0.6) is 0 Å². The van der Waals surface area contributed by atoms with Gasteiger partial charge in [-0.1, -0.05) is 26.0 Å². The van der Waals surface area contributed by atoms with Crippen molar-refractivity contribution >= 4 is 18.0 Å². The normalized spacial score (nSPS) is 30.8. The Bertz CT molecular complexity index is 574. The Kier molecular flexibility index (Phi) is 5.75. The highest BCUT2D eigenvalue weighted by molar-refractivity contribution is 5.71. The number of esters is 1. The summed E-state index contributed by atoms with van der Waals surface area (Å²) >= 11 is 0. The lowest BCUT2D eigenvalue weighted by molar-refractivity contribution is -0.165. The van der Waals surface area contributed by atoms with Gasteiger partial charge in [0.1, 0.15) is 0 Å². The SMILES string of the molecule is CCC(=O)O[C@@H](C)OC(=O)NC[C@@]1(CC(=O)O)C[C@]2(CC)CC=C[C@@H]21. The van der Waals surface area contributed by atoms with Gasteiger partial charge in [-0.3, -0.25) is 9.59 Å². The molecule has 7 heteroatoms. The number of alkyl carbamates (subject to hydrolysis) is 1. The number of carboxylic acid groups (broad SMARTS) is 1. The minimum absolute atomic E-state index is 0.00438. The molecule has 2 rings (SSSR count). The van der Waals surface area contributed by atoms with Gasteiger partial charge >= 0.3 is 18.0 Å². The summed E-state index contributed by atoms with van der Waals surface area (Å²) in [5, 5.41) is 12.0. The quantitative estimate of drug-likeness (QED) is 0.395. The molecule has 0 aromatic rings. The first-order valence-corrected chi connectivity index (χ1v) is 8.79. The van der Waals surface area contributed by atoms with Gasteiger partial charge in [0.05, 0.1) is 6.42 Å². The van der Waals surface area contributed by atoms with Crippen molar-refractivity contribution in [2.45, 2.75) is 59.2 Å². The molecule has 0 aromatic heterocycles. The molecule has 2 aliphatic carbocycles. The van der Waals surface area contributed by atoms with Crippen LogP contribution in [0.1, 0.15) is 52.9 Å². The maximum Gasteiger partial charge on any atom is 0.410 e. The predicted molar refractivity (Wildman–Crippen MR) is 89.6 cm³/mol. The molecule has 0 aromatic carbocycles. The van der Waals surface area contributed by atoms with E-state index in [9.17, 15) is 19.5 Å². The van der Waals surface area contributed by atoms with E-state index in [1.165, 1.54) is 6.92 Å². The summed E-state index contributed by atoms with van der Waals surface area (Å²) in [6, 6.07) is 0. The molecule has 0 heterocycles. The van der Waals surface area contributed by atoms with Crippen LogP contribution in [0.4, 0.5) is 4.79 Å². The molecule has 7 nitrogen and oxygen atoms in total. The Morgan fingerprint density at radius 3 is 2.64 bits per heavy atom. The average Bonchev–Trinajstić information content (AvgIpc) is 2.89. The number of nitrogens with one attached hydrogen (secondary N) is 1. The van der Waals surface area contributed by atoms with Crippen molar-refractivity contribution in [3.8, 4) is 0 Å². The van der Waals surface area contributed by atoms with E-state index in [-0.39, 0.29) is 30.7 Å². The van der Waals surface area contributed by atoms with Crippen LogP contribution in [-0.4, -0.2) is 36.0 Å². The van der Waals surface area contributed by atoms with Gasteiger partial charge in [0.25, 0.3) is 0 Å². The van der Waals surface area contributed by atoms with Gasteiger partial charge in [0.15, 0.2) is 0 Å². The fourth-order valence-electron chi connectivity index (χ4n) is 4.42. The number of amides is 1. The van der Waals surface area contributed by atoms with Crippen LogP contribution >= 0.6 is 0 Å². The van der Waals surface area contributed by atoms with Gasteiger partial charge in [0, 0.05) is 25.3 Å². The van der Waals surface area contributed by atoms with Crippen LogP contribution in [0.2, 0.25) is 0 Å². The Morgan fingerprint density at radius 1 is 1.32 bits per heavy atom. The van der Waals surface area contributed by atoms with Crippen LogP contribution in [-0.2, 0) is 19.1 Å². The van der Waals surface area contributed by atoms with Gasteiger partial charge in [0.2, 0.25) is 6.29 Å². The lowest BCUT2D eigenvalue weighted by Crippen LogP contribution is -2.59. The number of carbonyl (C=O) groups excluding carboxylic acids is 2. The summed E-state index contributed by atoms with van der Waals surface area (Å²) in [5.74, 6) is -1.17. The lowest BCUT2D eigenvalue weighted by Gasteiger charge is -2.60. The molecule has 140 valence electrons. The zero-order valence-electron chi connectivity index (χ0n) is 15.0. The molecule has 1 fully saturated rings. The second kappa shape index (κ2) is 7.45. The zero-order valence-corrected chi connectivity index (χ0v) is 15.0. The molecule has 0 spiro atoms. The highest BCUT2D eigenvalue weighted by atomic mass is 16.7. The van der Waals surface area contributed by atoms with Crippen LogP contribution in [0.15, 0.2) is 12.2 Å². The number of carbonyl (C=O) groups is 3. The maximum absolute atomic E-state index is 11.9. The van der Waals surface area contributed by atoms with E-state index in [1.54, 1.807) is 6.92 Å². The number of allylic oxidation sites excluding steroid dienone is 2. The van der Waals surface area contributed by atoms with E-state index < -0.39 is 29.7 Å². The summed E-state index contributed by atoms with van der Waals surface area (Å²) in [5.41, 5.74) is -0.359. The molecule has 1 saturated carbocycles. The molecule has 0 bridgehead atoms. The number of hydrogen-bond donors (Lipinski definition) is 2. The fraction of sp³-hybridized carbons (Fsp3) is 0.722. The summed E-state index contributed by atoms with van der Waals surface area (Å²) < 4.78 is 9.88. The van der Waals surface area contributed by atoms with Crippen molar-refractivity contribution in [3.63, 3.8) is 0 Å². The lowest BCUT2D eigenvalue weighted by atomic mass is 9.44. The van der Waals surface area contributed by atoms with E-state index in [0.717, 1.165) is 19.3 Å². The van der Waals surface area contributed by atoms with Gasteiger partial charge in [-0.2, -0.15) is 0 Å². The zero-order chi connectivity index (χ0) is 18.7. The molecule has 0 radical (unpaired) electrons. The molecule has 0 saturated heterocycles. The van der Waals surface area contributed by atoms with E-state index in [0.29, 0.717) is 0 Å². The fourth-order valence-corrected chi connectivity index (χ4v) is 4.42. The molecule has 0 unspecified atom stereocenters. The van der Waals surface area contributed by atoms with Crippen LogP contribution in [0.3, 0.4) is 0 Å². The molecule has 25 heavy (non-hydrogen) atoms. The summed E-state index contributed by atoms with van der Waals surface area (Å²) in [7, 11) is 0. The summed E-state index contributed by atoms with van der Waals surface area (Å²) in [6.45, 7) is 5.46. The van der Waals surface area contributed by atoms with Gasteiger partial charge < -0.3 is 19.9 Å². The predicted octanol–water partition coefficient (Wildman–Crippen LogP) is 2.85. The molecule has 1 amide bonds. The number of hydrogen-bond acceptors (Lipinski definition) is 5. The van der Waals surface area contributed by atoms with E-state index in [2.05, 4.69) is 24.4 Å². The van der Waals surface area contributed by atoms with Crippen molar-refractivity contribution in [1.82, 2.24) is 5.32 Å². The van der Waals surface area contributed by atoms with Crippen molar-refractivity contribution < 1.29 is 29.0 Å². The summed E-state index contributed by atoms with van der Waals surface area (Å²) in [6.07, 6.45) is 5.43. The minimum atomic E-state index is -0.981. The highest BCUT2D eigenvalue weighted by Crippen LogP contribution is 2.67. The largest absolute Gasteiger partial charge is 0.481 e. The van der Waals surface area contributed by atoms with Crippen molar-refractivity contribution in [2.75, 3.05) is 6.54 Å². The molecular formula is C18H27NO6. The standard InChI is InChI=1S/C18H27NO6/c1-4-15(22)24-12(3)25-16(23)19-11-18(9-14(20)21)10-17(5-2)8-6-7-13(17)18/h6-7,12-13H,4-5,8-11H2,1-3H3,(H,19,23)(H,20,21)/t12-,13+,17+,18-/m1/s1. The Hall–Kier alpha value is -2.05. The first-order chi connectivity index (χ1) is 11.8. The second-order valence-corrected chi connectivity index (χ2v) is 7.11. The topological polar surface area (TPSA) is 102 Å². The third-order valence-electron chi connectivity index (χ3n) is 5.53. The molecule has 4 atom stereocenters. The third kappa shape index (κ3) is 3.96. The highest BCUT2D eigenvalue weighted by Gasteiger charge is 2.62. The first kappa shape index (κ1) is 19.3. The van der Waals surface area contributed by atoms with Crippen molar-refractivity contribution in [2.24, 2.45) is 16.7 Å². The first-order valence-electron chi connectivity index (χ1n) is 8.79. The summed E-state index contributed by atoms with van der Waals surface area (Å²) in [4.78, 5) is 34.5. The maximum atomic E-state index is 11.9. The number of carboxylic acids is 1. The molecule has 0 aliphatic heterocycles. The monoisotopic (exact) mass is 353 g/mol. The van der Waals surface area contributed by atoms with E-state index in [4.69, 9.17) is 9.47 Å². The minimum Gasteiger partial charge on any atom is -0.481 e. The molecule has 2 aliphatic rings. The Morgan fingerprint density at radius 2 is 2.04 bits per heavy atom. The van der Waals surface area contributed by atoms with E-state index in [1.807, 2.05) is 0 Å². The number of rotatable bonds is 8. The Labute approximate surface area is 147 Å². The average molecular weight is 353 g/mol. The molecule has 2 N–H and O–H groups in total. The van der Waals surface area contributed by atoms with Crippen LogP contribution in [0.25, 0.3) is 0 Å². The van der Waals surface area contributed by atoms with Gasteiger partial charge in [-0.05, 0) is 30.6 Å². The van der Waals surface area contributed by atoms with Crippen LogP contribution in [0, 0.1) is 16.7 Å². The van der Waals surface area contributed by atoms with Crippen molar-refractivity contribution in [3.05, 3.63) is 12.2 Å². The van der Waals surface area contributed by atoms with Gasteiger partial charge in [-0.25, -0.2) is 4.79 Å². The van der Waals surface area contributed by atoms with Gasteiger partial charge in [-0.15, -0.1) is 0 Å². The Balaban J connectivity index is 1.93.